The van der Waals surface area contributed by atoms with Crippen LogP contribution in [-0.2, 0) is 4.74 Å². The molecular formula is C8H13N3O4. The van der Waals surface area contributed by atoms with Crippen LogP contribution >= 0.6 is 0 Å². The Kier molecular flexibility index (Phi) is 2.61. The van der Waals surface area contributed by atoms with Crippen molar-refractivity contribution in [2.45, 2.75) is 24.5 Å². The first-order chi connectivity index (χ1) is 7.13. The van der Waals surface area contributed by atoms with Gasteiger partial charge in [0, 0.05) is 12.3 Å². The summed E-state index contributed by atoms with van der Waals surface area (Å²) in [4.78, 5) is 0. The topological polar surface area (TPSA) is 114 Å². The van der Waals surface area contributed by atoms with E-state index < -0.39 is 24.5 Å². The highest BCUT2D eigenvalue weighted by Crippen LogP contribution is 2.28. The number of aromatic nitrogens is 2. The van der Waals surface area contributed by atoms with Crippen molar-refractivity contribution >= 4 is 5.82 Å². The Bertz CT molecular complexity index is 342. The first kappa shape index (κ1) is 10.4. The molecule has 7 heteroatoms. The zero-order chi connectivity index (χ0) is 11.0. The maximum Gasteiger partial charge on any atom is 0.179 e. The van der Waals surface area contributed by atoms with Gasteiger partial charge >= 0.3 is 0 Å². The summed E-state index contributed by atoms with van der Waals surface area (Å²) < 4.78 is 6.55. The lowest BCUT2D eigenvalue weighted by molar-refractivity contribution is -0.0584. The summed E-state index contributed by atoms with van der Waals surface area (Å²) >= 11 is 0. The summed E-state index contributed by atoms with van der Waals surface area (Å²) in [6.45, 7) is -0.356. The third-order valence-electron chi connectivity index (χ3n) is 2.41. The molecule has 7 nitrogen and oxygen atoms in total. The lowest BCUT2D eigenvalue weighted by atomic mass is 10.1. The summed E-state index contributed by atoms with van der Waals surface area (Å²) in [5, 5.41) is 31.9. The Balaban J connectivity index is 2.18. The monoisotopic (exact) mass is 215 g/mol. The van der Waals surface area contributed by atoms with Crippen LogP contribution in [0.15, 0.2) is 12.3 Å². The van der Waals surface area contributed by atoms with Crippen molar-refractivity contribution in [3.63, 3.8) is 0 Å². The van der Waals surface area contributed by atoms with Crippen LogP contribution in [0.1, 0.15) is 6.23 Å². The zero-order valence-corrected chi connectivity index (χ0v) is 7.89. The molecule has 0 aliphatic carbocycles. The first-order valence-electron chi connectivity index (χ1n) is 4.56. The molecule has 15 heavy (non-hydrogen) atoms. The molecule has 1 aromatic heterocycles. The van der Waals surface area contributed by atoms with Gasteiger partial charge in [-0.3, -0.25) is 0 Å². The Morgan fingerprint density at radius 2 is 2.20 bits per heavy atom. The van der Waals surface area contributed by atoms with Crippen LogP contribution in [0.25, 0.3) is 0 Å². The fourth-order valence-electron chi connectivity index (χ4n) is 1.59. The van der Waals surface area contributed by atoms with E-state index in [2.05, 4.69) is 5.10 Å². The van der Waals surface area contributed by atoms with Gasteiger partial charge in [0.15, 0.2) is 6.23 Å². The molecule has 0 spiro atoms. The van der Waals surface area contributed by atoms with E-state index in [-0.39, 0.29) is 6.61 Å². The molecule has 0 unspecified atom stereocenters. The summed E-state index contributed by atoms with van der Waals surface area (Å²) in [7, 11) is 0. The highest BCUT2D eigenvalue weighted by molar-refractivity contribution is 5.24. The number of rotatable bonds is 2. The normalized spacial score (nSPS) is 35.9. The minimum atomic E-state index is -1.12. The molecule has 0 aromatic carbocycles. The molecule has 0 amide bonds. The number of nitrogens with zero attached hydrogens (tertiary/aromatic N) is 2. The maximum absolute atomic E-state index is 9.63. The summed E-state index contributed by atoms with van der Waals surface area (Å²) in [5.41, 5.74) is 5.41. The van der Waals surface area contributed by atoms with Crippen molar-refractivity contribution in [2.75, 3.05) is 12.3 Å². The van der Waals surface area contributed by atoms with Crippen LogP contribution in [-0.4, -0.2) is 50.0 Å². The Morgan fingerprint density at radius 1 is 1.47 bits per heavy atom. The van der Waals surface area contributed by atoms with E-state index in [1.807, 2.05) is 0 Å². The van der Waals surface area contributed by atoms with E-state index in [0.717, 1.165) is 0 Å². The molecule has 1 fully saturated rings. The van der Waals surface area contributed by atoms with Gasteiger partial charge in [0.1, 0.15) is 24.1 Å². The number of aliphatic hydroxyl groups excluding tert-OH is 3. The Hall–Kier alpha value is -1.15. The molecule has 1 aromatic rings. The first-order valence-corrected chi connectivity index (χ1v) is 4.56. The van der Waals surface area contributed by atoms with E-state index in [9.17, 15) is 10.2 Å². The molecule has 1 saturated heterocycles. The van der Waals surface area contributed by atoms with Gasteiger partial charge in [0.2, 0.25) is 0 Å². The molecule has 2 rings (SSSR count). The van der Waals surface area contributed by atoms with Gasteiger partial charge in [-0.2, -0.15) is 5.10 Å². The second-order valence-electron chi connectivity index (χ2n) is 3.45. The van der Waals surface area contributed by atoms with Crippen LogP contribution in [0.5, 0.6) is 0 Å². The van der Waals surface area contributed by atoms with Gasteiger partial charge in [-0.1, -0.05) is 0 Å². The third-order valence-corrected chi connectivity index (χ3v) is 2.41. The number of nitrogen functional groups attached to an aromatic ring is 1. The Labute approximate surface area is 85.7 Å². The molecule has 5 N–H and O–H groups in total. The molecule has 2 heterocycles. The van der Waals surface area contributed by atoms with E-state index in [1.54, 1.807) is 6.07 Å². The number of hydrogen-bond acceptors (Lipinski definition) is 6. The van der Waals surface area contributed by atoms with Gasteiger partial charge < -0.3 is 25.8 Å². The van der Waals surface area contributed by atoms with E-state index in [0.29, 0.717) is 5.82 Å². The predicted molar refractivity (Wildman–Crippen MR) is 49.6 cm³/mol. The molecule has 0 radical (unpaired) electrons. The van der Waals surface area contributed by atoms with Crippen LogP contribution < -0.4 is 5.73 Å². The van der Waals surface area contributed by atoms with Gasteiger partial charge in [-0.05, 0) is 0 Å². The standard InChI is InChI=1S/C8H13N3O4/c9-5-1-2-11(10-5)8-7(14)6(13)4(3-12)15-8/h1-2,4,6-8,12-14H,3H2,(H2,9,10)/t4-,6-,7-,8-/m0/s1. The predicted octanol–water partition coefficient (Wildman–Crippen LogP) is -1.92. The van der Waals surface area contributed by atoms with Crippen molar-refractivity contribution in [2.24, 2.45) is 0 Å². The number of hydrogen-bond donors (Lipinski definition) is 4. The molecule has 1 aliphatic heterocycles. The summed E-state index contributed by atoms with van der Waals surface area (Å²) in [6, 6.07) is 1.55. The molecule has 4 atom stereocenters. The van der Waals surface area contributed by atoms with Crippen molar-refractivity contribution in [3.05, 3.63) is 12.3 Å². The molecule has 1 aliphatic rings. The van der Waals surface area contributed by atoms with Crippen molar-refractivity contribution < 1.29 is 20.1 Å². The smallest absolute Gasteiger partial charge is 0.179 e. The fourth-order valence-corrected chi connectivity index (χ4v) is 1.59. The minimum absolute atomic E-state index is 0.299. The minimum Gasteiger partial charge on any atom is -0.394 e. The number of nitrogens with two attached hydrogens (primary N) is 1. The molecule has 0 saturated carbocycles. The van der Waals surface area contributed by atoms with Crippen molar-refractivity contribution in [1.29, 1.82) is 0 Å². The van der Waals surface area contributed by atoms with Gasteiger partial charge in [0.25, 0.3) is 0 Å². The largest absolute Gasteiger partial charge is 0.394 e. The second kappa shape index (κ2) is 3.78. The second-order valence-corrected chi connectivity index (χ2v) is 3.45. The molecule has 84 valence electrons. The highest BCUT2D eigenvalue weighted by atomic mass is 16.6. The number of ether oxygens (including phenoxy) is 1. The average molecular weight is 215 g/mol. The maximum atomic E-state index is 9.63. The number of aliphatic hydroxyl groups is 3. The van der Waals surface area contributed by atoms with Crippen LogP contribution in [0.3, 0.4) is 0 Å². The van der Waals surface area contributed by atoms with E-state index >= 15 is 0 Å². The van der Waals surface area contributed by atoms with Crippen LogP contribution in [0, 0.1) is 0 Å². The van der Waals surface area contributed by atoms with Crippen molar-refractivity contribution in [3.8, 4) is 0 Å². The van der Waals surface area contributed by atoms with Crippen LogP contribution in [0.4, 0.5) is 5.82 Å². The Morgan fingerprint density at radius 3 is 2.67 bits per heavy atom. The lowest BCUT2D eigenvalue weighted by Crippen LogP contribution is -2.33. The van der Waals surface area contributed by atoms with Crippen molar-refractivity contribution in [1.82, 2.24) is 9.78 Å². The molecule has 0 bridgehead atoms. The van der Waals surface area contributed by atoms with Gasteiger partial charge in [-0.15, -0.1) is 0 Å². The summed E-state index contributed by atoms with van der Waals surface area (Å²) in [5.74, 6) is 0.299. The van der Waals surface area contributed by atoms with E-state index in [4.69, 9.17) is 15.6 Å². The third kappa shape index (κ3) is 1.70. The quantitative estimate of drug-likeness (QED) is 0.457. The van der Waals surface area contributed by atoms with Gasteiger partial charge in [-0.25, -0.2) is 4.68 Å². The molecular weight excluding hydrogens is 202 g/mol. The fraction of sp³-hybridized carbons (Fsp3) is 0.625. The average Bonchev–Trinajstić information content (AvgIpc) is 2.74. The lowest BCUT2D eigenvalue weighted by Gasteiger charge is -2.14. The SMILES string of the molecule is Nc1ccn([C@H]2O[C@@H](CO)[C@H](O)[C@@H]2O)n1. The summed E-state index contributed by atoms with van der Waals surface area (Å²) in [6.07, 6.45) is -2.31. The van der Waals surface area contributed by atoms with Crippen LogP contribution in [0.2, 0.25) is 0 Å². The van der Waals surface area contributed by atoms with E-state index in [1.165, 1.54) is 10.9 Å². The zero-order valence-electron chi connectivity index (χ0n) is 7.89. The number of anilines is 1. The van der Waals surface area contributed by atoms with Gasteiger partial charge in [0.05, 0.1) is 6.61 Å². The highest BCUT2D eigenvalue weighted by Gasteiger charge is 2.43.